The molecule has 1 N–H and O–H groups in total. The van der Waals surface area contributed by atoms with Crippen LogP contribution in [0.15, 0.2) is 82.4 Å². The Bertz CT molecular complexity index is 1380. The van der Waals surface area contributed by atoms with Crippen molar-refractivity contribution in [1.82, 2.24) is 9.13 Å². The highest BCUT2D eigenvalue weighted by molar-refractivity contribution is 5.93. The fourth-order valence-corrected chi connectivity index (χ4v) is 3.48. The van der Waals surface area contributed by atoms with Crippen LogP contribution in [0.2, 0.25) is 0 Å². The molecule has 4 rings (SSSR count). The number of carbonyl (C=O) groups excluding carboxylic acids is 1. The third-order valence-electron chi connectivity index (χ3n) is 5.03. The largest absolute Gasteiger partial charge is 0.495 e. The van der Waals surface area contributed by atoms with Gasteiger partial charge in [-0.05, 0) is 43.3 Å². The van der Waals surface area contributed by atoms with Crippen LogP contribution >= 0.6 is 0 Å². The van der Waals surface area contributed by atoms with E-state index < -0.39 is 17.2 Å². The molecule has 0 aliphatic heterocycles. The maximum Gasteiger partial charge on any atom is 0.336 e. The molecule has 0 saturated heterocycles. The van der Waals surface area contributed by atoms with Crippen LogP contribution in [0.5, 0.6) is 5.75 Å². The molecule has 1 heterocycles. The van der Waals surface area contributed by atoms with Crippen molar-refractivity contribution in [1.29, 1.82) is 0 Å². The van der Waals surface area contributed by atoms with Gasteiger partial charge in [0.15, 0.2) is 0 Å². The van der Waals surface area contributed by atoms with Gasteiger partial charge >= 0.3 is 5.69 Å². The number of carbonyl (C=O) groups is 1. The van der Waals surface area contributed by atoms with Crippen LogP contribution in [0.3, 0.4) is 0 Å². The van der Waals surface area contributed by atoms with Crippen LogP contribution in [0, 0.1) is 6.92 Å². The molecule has 0 radical (unpaired) electrons. The van der Waals surface area contributed by atoms with E-state index in [0.717, 1.165) is 10.1 Å². The van der Waals surface area contributed by atoms with Gasteiger partial charge in [0, 0.05) is 0 Å². The number of hydrogen-bond acceptors (Lipinski definition) is 4. The van der Waals surface area contributed by atoms with Crippen LogP contribution < -0.4 is 21.3 Å². The van der Waals surface area contributed by atoms with E-state index in [1.165, 1.54) is 11.7 Å². The van der Waals surface area contributed by atoms with Crippen molar-refractivity contribution in [3.8, 4) is 11.4 Å². The summed E-state index contributed by atoms with van der Waals surface area (Å²) in [4.78, 5) is 39.2. The number of rotatable bonds is 5. The number of aromatic nitrogens is 2. The van der Waals surface area contributed by atoms with Gasteiger partial charge in [-0.1, -0.05) is 42.0 Å². The third-order valence-corrected chi connectivity index (χ3v) is 5.03. The Morgan fingerprint density at radius 2 is 1.61 bits per heavy atom. The Morgan fingerprint density at radius 1 is 0.935 bits per heavy atom. The van der Waals surface area contributed by atoms with Gasteiger partial charge in [0.2, 0.25) is 5.91 Å². The van der Waals surface area contributed by atoms with E-state index in [4.69, 9.17) is 4.74 Å². The highest BCUT2D eigenvalue weighted by Gasteiger charge is 2.17. The Morgan fingerprint density at radius 3 is 2.35 bits per heavy atom. The molecule has 1 amide bonds. The molecule has 0 atom stereocenters. The summed E-state index contributed by atoms with van der Waals surface area (Å²) < 4.78 is 7.67. The number of aryl methyl sites for hydroxylation is 1. The number of nitrogens with zero attached hydrogens (tertiary/aromatic N) is 2. The van der Waals surface area contributed by atoms with E-state index in [0.29, 0.717) is 28.0 Å². The molecular formula is C24H21N3O4. The highest BCUT2D eigenvalue weighted by Crippen LogP contribution is 2.23. The number of para-hydroxylation sites is 3. The monoisotopic (exact) mass is 415 g/mol. The zero-order valence-electron chi connectivity index (χ0n) is 17.2. The number of benzene rings is 3. The Balaban J connectivity index is 1.82. The number of ether oxygens (including phenoxy) is 1. The zero-order valence-corrected chi connectivity index (χ0v) is 17.2. The average Bonchev–Trinajstić information content (AvgIpc) is 2.78. The molecule has 3 aromatic carbocycles. The summed E-state index contributed by atoms with van der Waals surface area (Å²) in [5.41, 5.74) is 1.35. The molecule has 7 heteroatoms. The van der Waals surface area contributed by atoms with Gasteiger partial charge in [-0.15, -0.1) is 0 Å². The second-order valence-electron chi connectivity index (χ2n) is 7.11. The van der Waals surface area contributed by atoms with Gasteiger partial charge in [0.05, 0.1) is 29.4 Å². The summed E-state index contributed by atoms with van der Waals surface area (Å²) in [5.74, 6) is 0.100. The van der Waals surface area contributed by atoms with Crippen LogP contribution in [-0.2, 0) is 11.3 Å². The van der Waals surface area contributed by atoms with Crippen molar-refractivity contribution >= 4 is 22.5 Å². The van der Waals surface area contributed by atoms with Crippen LogP contribution in [0.25, 0.3) is 16.6 Å². The van der Waals surface area contributed by atoms with Crippen LogP contribution in [0.1, 0.15) is 5.56 Å². The Labute approximate surface area is 178 Å². The molecule has 4 aromatic rings. The minimum Gasteiger partial charge on any atom is -0.495 e. The molecule has 31 heavy (non-hydrogen) atoms. The molecule has 0 fully saturated rings. The van der Waals surface area contributed by atoms with Gasteiger partial charge < -0.3 is 10.1 Å². The second kappa shape index (κ2) is 8.31. The SMILES string of the molecule is COc1ccccc1NC(=O)Cn1c(=O)n(-c2ccc(C)cc2)c(=O)c2ccccc21. The number of fused-ring (bicyclic) bond motifs is 1. The number of amides is 1. The molecule has 156 valence electrons. The first-order chi connectivity index (χ1) is 15.0. The van der Waals surface area contributed by atoms with Crippen molar-refractivity contribution in [3.05, 3.63) is 99.2 Å². The molecule has 7 nitrogen and oxygen atoms in total. The summed E-state index contributed by atoms with van der Waals surface area (Å²) in [6.45, 7) is 1.66. The molecular weight excluding hydrogens is 394 g/mol. The Kier molecular flexibility index (Phi) is 5.41. The Hall–Kier alpha value is -4.13. The summed E-state index contributed by atoms with van der Waals surface area (Å²) in [7, 11) is 1.51. The zero-order chi connectivity index (χ0) is 22.0. The summed E-state index contributed by atoms with van der Waals surface area (Å²) in [5, 5.41) is 3.13. The molecule has 0 aliphatic carbocycles. The van der Waals surface area contributed by atoms with E-state index in [1.807, 2.05) is 19.1 Å². The van der Waals surface area contributed by atoms with Crippen LogP contribution in [0.4, 0.5) is 5.69 Å². The molecule has 0 unspecified atom stereocenters. The maximum atomic E-state index is 13.3. The number of hydrogen-bond donors (Lipinski definition) is 1. The highest BCUT2D eigenvalue weighted by atomic mass is 16.5. The van der Waals surface area contributed by atoms with Crippen molar-refractivity contribution < 1.29 is 9.53 Å². The van der Waals surface area contributed by atoms with Crippen molar-refractivity contribution in [2.24, 2.45) is 0 Å². The fourth-order valence-electron chi connectivity index (χ4n) is 3.48. The van der Waals surface area contributed by atoms with E-state index in [1.54, 1.807) is 60.7 Å². The lowest BCUT2D eigenvalue weighted by molar-refractivity contribution is -0.116. The van der Waals surface area contributed by atoms with Gasteiger partial charge in [0.25, 0.3) is 5.56 Å². The number of anilines is 1. The quantitative estimate of drug-likeness (QED) is 0.543. The second-order valence-corrected chi connectivity index (χ2v) is 7.11. The molecule has 1 aromatic heterocycles. The topological polar surface area (TPSA) is 82.3 Å². The van der Waals surface area contributed by atoms with Crippen LogP contribution in [-0.4, -0.2) is 22.2 Å². The maximum absolute atomic E-state index is 13.3. The molecule has 0 aliphatic rings. The minimum absolute atomic E-state index is 0.260. The molecule has 0 saturated carbocycles. The summed E-state index contributed by atoms with van der Waals surface area (Å²) >= 11 is 0. The van der Waals surface area contributed by atoms with Gasteiger partial charge in [-0.3, -0.25) is 14.2 Å². The van der Waals surface area contributed by atoms with E-state index in [9.17, 15) is 14.4 Å². The first-order valence-electron chi connectivity index (χ1n) is 9.74. The van der Waals surface area contributed by atoms with E-state index >= 15 is 0 Å². The van der Waals surface area contributed by atoms with Crippen molar-refractivity contribution in [2.75, 3.05) is 12.4 Å². The standard InChI is InChI=1S/C24H21N3O4/c1-16-11-13-17(14-12-16)27-23(29)18-7-3-5-9-20(18)26(24(27)30)15-22(28)25-19-8-4-6-10-21(19)31-2/h3-14H,15H2,1-2H3,(H,25,28). The normalized spacial score (nSPS) is 10.8. The summed E-state index contributed by atoms with van der Waals surface area (Å²) in [6, 6.07) is 20.9. The lowest BCUT2D eigenvalue weighted by Crippen LogP contribution is -2.40. The predicted octanol–water partition coefficient (Wildman–Crippen LogP) is 3.11. The summed E-state index contributed by atoms with van der Waals surface area (Å²) in [6.07, 6.45) is 0. The third kappa shape index (κ3) is 3.85. The van der Waals surface area contributed by atoms with E-state index in [2.05, 4.69) is 5.32 Å². The minimum atomic E-state index is -0.581. The average molecular weight is 415 g/mol. The first kappa shape index (κ1) is 20.2. The molecule has 0 bridgehead atoms. The van der Waals surface area contributed by atoms with Gasteiger partial charge in [0.1, 0.15) is 12.3 Å². The predicted molar refractivity (Wildman–Crippen MR) is 120 cm³/mol. The number of nitrogens with one attached hydrogen (secondary N) is 1. The number of methoxy groups -OCH3 is 1. The molecule has 0 spiro atoms. The van der Waals surface area contributed by atoms with Gasteiger partial charge in [-0.25, -0.2) is 9.36 Å². The van der Waals surface area contributed by atoms with Gasteiger partial charge in [-0.2, -0.15) is 0 Å². The van der Waals surface area contributed by atoms with Crippen molar-refractivity contribution in [3.63, 3.8) is 0 Å². The fraction of sp³-hybridized carbons (Fsp3) is 0.125. The van der Waals surface area contributed by atoms with Crippen molar-refractivity contribution in [2.45, 2.75) is 13.5 Å². The lowest BCUT2D eigenvalue weighted by atomic mass is 10.2. The van der Waals surface area contributed by atoms with E-state index in [-0.39, 0.29) is 6.54 Å². The lowest BCUT2D eigenvalue weighted by Gasteiger charge is -2.15. The smallest absolute Gasteiger partial charge is 0.336 e. The first-order valence-corrected chi connectivity index (χ1v) is 9.74.